The van der Waals surface area contributed by atoms with Gasteiger partial charge in [0.25, 0.3) is 0 Å². The summed E-state index contributed by atoms with van der Waals surface area (Å²) < 4.78 is 0. The van der Waals surface area contributed by atoms with E-state index in [0.717, 1.165) is 31.9 Å². The van der Waals surface area contributed by atoms with Crippen LogP contribution in [0.2, 0.25) is 0 Å². The molecule has 1 aliphatic heterocycles. The van der Waals surface area contributed by atoms with Gasteiger partial charge >= 0.3 is 0 Å². The molecule has 1 aliphatic rings. The van der Waals surface area contributed by atoms with E-state index in [0.29, 0.717) is 6.04 Å². The molecule has 4 heteroatoms. The van der Waals surface area contributed by atoms with Crippen molar-refractivity contribution in [3.63, 3.8) is 0 Å². The summed E-state index contributed by atoms with van der Waals surface area (Å²) in [6.07, 6.45) is 3.13. The number of hydrogen-bond donors (Lipinski definition) is 0. The van der Waals surface area contributed by atoms with Gasteiger partial charge < -0.3 is 9.80 Å². The molecule has 2 aromatic rings. The molecule has 0 spiro atoms. The first-order chi connectivity index (χ1) is 11.5. The Bertz CT molecular complexity index is 666. The Labute approximate surface area is 145 Å². The third-order valence-corrected chi connectivity index (χ3v) is 4.86. The lowest BCUT2D eigenvalue weighted by Crippen LogP contribution is -2.44. The minimum Gasteiger partial charge on any atom is -0.363 e. The number of benzene rings is 1. The largest absolute Gasteiger partial charge is 0.363 e. The van der Waals surface area contributed by atoms with Gasteiger partial charge in [-0.1, -0.05) is 30.3 Å². The molecule has 0 aliphatic carbocycles. The van der Waals surface area contributed by atoms with Crippen molar-refractivity contribution in [1.82, 2.24) is 14.8 Å². The van der Waals surface area contributed by atoms with Crippen LogP contribution in [0.3, 0.4) is 0 Å². The SMILES string of the molecule is CN(Cc1ccc(N(C)C)nc1)C[C@@H]1Cc2ccccc2CN1C. The lowest BCUT2D eigenvalue weighted by molar-refractivity contribution is 0.158. The second kappa shape index (κ2) is 7.32. The Hall–Kier alpha value is -1.91. The molecule has 24 heavy (non-hydrogen) atoms. The van der Waals surface area contributed by atoms with Crippen LogP contribution < -0.4 is 4.90 Å². The van der Waals surface area contributed by atoms with Gasteiger partial charge in [-0.15, -0.1) is 0 Å². The van der Waals surface area contributed by atoms with E-state index >= 15 is 0 Å². The van der Waals surface area contributed by atoms with Gasteiger partial charge in [0.1, 0.15) is 5.82 Å². The summed E-state index contributed by atoms with van der Waals surface area (Å²) >= 11 is 0. The molecule has 0 N–H and O–H groups in total. The summed E-state index contributed by atoms with van der Waals surface area (Å²) in [5.74, 6) is 1.00. The first-order valence-electron chi connectivity index (χ1n) is 8.61. The molecule has 4 nitrogen and oxygen atoms in total. The predicted molar refractivity (Wildman–Crippen MR) is 100 cm³/mol. The standard InChI is InChI=1S/C20H28N4/c1-22(2)20-10-9-16(12-21-20)13-23(3)15-19-11-17-7-5-6-8-18(17)14-24(19)4/h5-10,12,19H,11,13-15H2,1-4H3/t19-/m0/s1. The second-order valence-corrected chi connectivity index (χ2v) is 7.16. The fraction of sp³-hybridized carbons (Fsp3) is 0.450. The van der Waals surface area contributed by atoms with E-state index in [9.17, 15) is 0 Å². The van der Waals surface area contributed by atoms with Crippen molar-refractivity contribution < 1.29 is 0 Å². The normalized spacial score (nSPS) is 17.8. The fourth-order valence-electron chi connectivity index (χ4n) is 3.43. The Morgan fingerprint density at radius 2 is 1.83 bits per heavy atom. The molecule has 0 saturated heterocycles. The molecule has 128 valence electrons. The number of rotatable bonds is 5. The summed E-state index contributed by atoms with van der Waals surface area (Å²) in [6, 6.07) is 13.7. The summed E-state index contributed by atoms with van der Waals surface area (Å²) in [6.45, 7) is 3.06. The molecule has 2 heterocycles. The van der Waals surface area contributed by atoms with Crippen LogP contribution in [0, 0.1) is 0 Å². The third-order valence-electron chi connectivity index (χ3n) is 4.86. The van der Waals surface area contributed by atoms with Crippen molar-refractivity contribution in [2.75, 3.05) is 39.6 Å². The maximum atomic E-state index is 4.51. The van der Waals surface area contributed by atoms with Crippen molar-refractivity contribution in [3.05, 3.63) is 59.3 Å². The highest BCUT2D eigenvalue weighted by Gasteiger charge is 2.24. The third kappa shape index (κ3) is 3.94. The fourth-order valence-corrected chi connectivity index (χ4v) is 3.43. The number of pyridine rings is 1. The van der Waals surface area contributed by atoms with E-state index in [2.05, 4.69) is 65.3 Å². The van der Waals surface area contributed by atoms with Gasteiger partial charge in [-0.2, -0.15) is 0 Å². The Morgan fingerprint density at radius 3 is 2.50 bits per heavy atom. The zero-order valence-electron chi connectivity index (χ0n) is 15.2. The van der Waals surface area contributed by atoms with E-state index in [1.807, 2.05) is 25.2 Å². The van der Waals surface area contributed by atoms with Crippen molar-refractivity contribution in [1.29, 1.82) is 0 Å². The van der Waals surface area contributed by atoms with Gasteiger partial charge in [0.05, 0.1) is 0 Å². The Balaban J connectivity index is 1.59. The first-order valence-corrected chi connectivity index (χ1v) is 8.61. The van der Waals surface area contributed by atoms with Gasteiger partial charge in [0.2, 0.25) is 0 Å². The van der Waals surface area contributed by atoms with E-state index in [1.54, 1.807) is 0 Å². The summed E-state index contributed by atoms with van der Waals surface area (Å²) in [7, 11) is 8.48. The average molecular weight is 324 g/mol. The number of aromatic nitrogens is 1. The number of anilines is 1. The second-order valence-electron chi connectivity index (χ2n) is 7.16. The Morgan fingerprint density at radius 1 is 1.08 bits per heavy atom. The van der Waals surface area contributed by atoms with Crippen LogP contribution in [0.5, 0.6) is 0 Å². The van der Waals surface area contributed by atoms with Crippen LogP contribution in [0.4, 0.5) is 5.82 Å². The van der Waals surface area contributed by atoms with Crippen molar-refractivity contribution in [2.45, 2.75) is 25.6 Å². The summed E-state index contributed by atoms with van der Waals surface area (Å²) in [5, 5.41) is 0. The number of fused-ring (bicyclic) bond motifs is 1. The van der Waals surface area contributed by atoms with E-state index < -0.39 is 0 Å². The number of nitrogens with zero attached hydrogens (tertiary/aromatic N) is 4. The molecular formula is C20H28N4. The highest BCUT2D eigenvalue weighted by atomic mass is 15.2. The van der Waals surface area contributed by atoms with Gasteiger partial charge in [-0.05, 0) is 43.3 Å². The minimum atomic E-state index is 0.568. The molecular weight excluding hydrogens is 296 g/mol. The minimum absolute atomic E-state index is 0.568. The van der Waals surface area contributed by atoms with E-state index in [1.165, 1.54) is 16.7 Å². The van der Waals surface area contributed by atoms with Crippen LogP contribution in [-0.4, -0.2) is 55.6 Å². The quantitative estimate of drug-likeness (QED) is 0.843. The summed E-state index contributed by atoms with van der Waals surface area (Å²) in [4.78, 5) is 11.4. The smallest absolute Gasteiger partial charge is 0.127 e. The highest BCUT2D eigenvalue weighted by molar-refractivity contribution is 5.37. The maximum Gasteiger partial charge on any atom is 0.127 e. The zero-order chi connectivity index (χ0) is 17.1. The lowest BCUT2D eigenvalue weighted by atomic mass is 9.94. The Kier molecular flexibility index (Phi) is 5.17. The molecule has 0 fully saturated rings. The zero-order valence-corrected chi connectivity index (χ0v) is 15.2. The molecule has 1 atom stereocenters. The number of likely N-dealkylation sites (N-methyl/N-ethyl adjacent to an activating group) is 2. The number of hydrogen-bond acceptors (Lipinski definition) is 4. The van der Waals surface area contributed by atoms with Gasteiger partial charge in [-0.25, -0.2) is 4.98 Å². The van der Waals surface area contributed by atoms with Gasteiger partial charge in [0.15, 0.2) is 0 Å². The predicted octanol–water partition coefficient (Wildman–Crippen LogP) is 2.64. The lowest BCUT2D eigenvalue weighted by Gasteiger charge is -2.36. The summed E-state index contributed by atoms with van der Waals surface area (Å²) in [5.41, 5.74) is 4.25. The monoisotopic (exact) mass is 324 g/mol. The molecule has 0 amide bonds. The van der Waals surface area contributed by atoms with Crippen LogP contribution in [-0.2, 0) is 19.5 Å². The molecule has 0 unspecified atom stereocenters. The topological polar surface area (TPSA) is 22.6 Å². The molecule has 0 bridgehead atoms. The van der Waals surface area contributed by atoms with Crippen LogP contribution >= 0.6 is 0 Å². The molecule has 1 aromatic heterocycles. The van der Waals surface area contributed by atoms with Gasteiger partial charge in [-0.3, -0.25) is 4.90 Å². The van der Waals surface area contributed by atoms with Crippen molar-refractivity contribution >= 4 is 5.82 Å². The van der Waals surface area contributed by atoms with Gasteiger partial charge in [0, 0.05) is 46.0 Å². The van der Waals surface area contributed by atoms with Crippen LogP contribution in [0.15, 0.2) is 42.6 Å². The van der Waals surface area contributed by atoms with Crippen molar-refractivity contribution in [3.8, 4) is 0 Å². The maximum absolute atomic E-state index is 4.51. The van der Waals surface area contributed by atoms with Crippen molar-refractivity contribution in [2.24, 2.45) is 0 Å². The van der Waals surface area contributed by atoms with Crippen LogP contribution in [0.25, 0.3) is 0 Å². The average Bonchev–Trinajstić information content (AvgIpc) is 2.56. The highest BCUT2D eigenvalue weighted by Crippen LogP contribution is 2.22. The first kappa shape index (κ1) is 16.9. The molecule has 1 aromatic carbocycles. The van der Waals surface area contributed by atoms with Crippen LogP contribution in [0.1, 0.15) is 16.7 Å². The molecule has 0 saturated carbocycles. The molecule has 0 radical (unpaired) electrons. The molecule has 3 rings (SSSR count). The van der Waals surface area contributed by atoms with E-state index in [4.69, 9.17) is 0 Å². The van der Waals surface area contributed by atoms with E-state index in [-0.39, 0.29) is 0 Å².